The second-order valence-corrected chi connectivity index (χ2v) is 4.01. The van der Waals surface area contributed by atoms with E-state index in [9.17, 15) is 9.59 Å². The van der Waals surface area contributed by atoms with Crippen LogP contribution in [-0.4, -0.2) is 33.4 Å². The van der Waals surface area contributed by atoms with Gasteiger partial charge in [-0.05, 0) is 18.2 Å². The Morgan fingerprint density at radius 1 is 1.35 bits per heavy atom. The van der Waals surface area contributed by atoms with Crippen LogP contribution in [0.15, 0.2) is 36.5 Å². The summed E-state index contributed by atoms with van der Waals surface area (Å²) in [5.74, 6) is -1.19. The third-order valence-corrected chi connectivity index (χ3v) is 2.43. The standard InChI is InChI=1S/C13H13N3O4/c1-16-7-6-10(15-16)13(19)14-9-4-2-3-5-11(9)20-8-12(17)18/h2-7H,8H2,1H3,(H,14,19)(H,17,18). The molecule has 0 atom stereocenters. The van der Waals surface area contributed by atoms with Crippen LogP contribution in [0.5, 0.6) is 5.75 Å². The third kappa shape index (κ3) is 3.35. The molecule has 0 saturated heterocycles. The van der Waals surface area contributed by atoms with Crippen molar-refractivity contribution in [3.63, 3.8) is 0 Å². The Morgan fingerprint density at radius 2 is 2.10 bits per heavy atom. The molecule has 0 saturated carbocycles. The molecule has 1 aromatic carbocycles. The fourth-order valence-corrected chi connectivity index (χ4v) is 1.56. The van der Waals surface area contributed by atoms with Crippen LogP contribution in [-0.2, 0) is 11.8 Å². The lowest BCUT2D eigenvalue weighted by Gasteiger charge is -2.10. The van der Waals surface area contributed by atoms with Gasteiger partial charge in [0.25, 0.3) is 5.91 Å². The van der Waals surface area contributed by atoms with Crippen LogP contribution in [0.3, 0.4) is 0 Å². The van der Waals surface area contributed by atoms with Crippen molar-refractivity contribution in [2.24, 2.45) is 7.05 Å². The van der Waals surface area contributed by atoms with Crippen molar-refractivity contribution in [1.29, 1.82) is 0 Å². The number of rotatable bonds is 5. The summed E-state index contributed by atoms with van der Waals surface area (Å²) in [5, 5.41) is 15.2. The zero-order valence-corrected chi connectivity index (χ0v) is 10.7. The molecule has 1 aromatic heterocycles. The number of anilines is 1. The van der Waals surface area contributed by atoms with Crippen LogP contribution in [0.25, 0.3) is 0 Å². The molecule has 0 aliphatic heterocycles. The van der Waals surface area contributed by atoms with Gasteiger partial charge < -0.3 is 15.2 Å². The monoisotopic (exact) mass is 275 g/mol. The Balaban J connectivity index is 2.12. The van der Waals surface area contributed by atoms with Crippen LogP contribution in [0, 0.1) is 0 Å². The predicted molar refractivity (Wildman–Crippen MR) is 70.7 cm³/mol. The molecule has 7 nitrogen and oxygen atoms in total. The van der Waals surface area contributed by atoms with Gasteiger partial charge in [-0.1, -0.05) is 12.1 Å². The van der Waals surface area contributed by atoms with Crippen LogP contribution < -0.4 is 10.1 Å². The number of aromatic nitrogens is 2. The highest BCUT2D eigenvalue weighted by atomic mass is 16.5. The zero-order chi connectivity index (χ0) is 14.5. The van der Waals surface area contributed by atoms with Gasteiger partial charge in [-0.2, -0.15) is 5.10 Å². The summed E-state index contributed by atoms with van der Waals surface area (Å²) in [6.07, 6.45) is 1.65. The minimum Gasteiger partial charge on any atom is -0.480 e. The molecule has 1 amide bonds. The Kier molecular flexibility index (Phi) is 3.99. The number of ether oxygens (including phenoxy) is 1. The fraction of sp³-hybridized carbons (Fsp3) is 0.154. The summed E-state index contributed by atoms with van der Waals surface area (Å²) in [6.45, 7) is -0.476. The zero-order valence-electron chi connectivity index (χ0n) is 10.7. The van der Waals surface area contributed by atoms with Crippen LogP contribution >= 0.6 is 0 Å². The number of nitrogens with zero attached hydrogens (tertiary/aromatic N) is 2. The highest BCUT2D eigenvalue weighted by molar-refractivity contribution is 6.03. The van der Waals surface area contributed by atoms with Gasteiger partial charge in [-0.25, -0.2) is 4.79 Å². The number of amides is 1. The number of carbonyl (C=O) groups excluding carboxylic acids is 1. The first kappa shape index (κ1) is 13.6. The van der Waals surface area contributed by atoms with E-state index in [2.05, 4.69) is 10.4 Å². The number of carbonyl (C=O) groups is 2. The summed E-state index contributed by atoms with van der Waals surface area (Å²) in [7, 11) is 1.71. The van der Waals surface area contributed by atoms with Crippen molar-refractivity contribution < 1.29 is 19.4 Å². The number of aliphatic carboxylic acids is 1. The third-order valence-electron chi connectivity index (χ3n) is 2.43. The number of nitrogens with one attached hydrogen (secondary N) is 1. The summed E-state index contributed by atoms with van der Waals surface area (Å²) in [5.41, 5.74) is 0.657. The molecule has 0 fully saturated rings. The topological polar surface area (TPSA) is 93.5 Å². The quantitative estimate of drug-likeness (QED) is 0.853. The van der Waals surface area contributed by atoms with E-state index >= 15 is 0 Å². The van der Waals surface area contributed by atoms with Gasteiger partial charge in [0.1, 0.15) is 5.75 Å². The van der Waals surface area contributed by atoms with Crippen molar-refractivity contribution >= 4 is 17.6 Å². The van der Waals surface area contributed by atoms with E-state index in [1.165, 1.54) is 4.68 Å². The van der Waals surface area contributed by atoms with Crippen molar-refractivity contribution in [3.05, 3.63) is 42.2 Å². The molecule has 0 bridgehead atoms. The van der Waals surface area contributed by atoms with E-state index in [1.807, 2.05) is 0 Å². The molecule has 0 aliphatic carbocycles. The van der Waals surface area contributed by atoms with Gasteiger partial charge in [0.15, 0.2) is 12.3 Å². The van der Waals surface area contributed by atoms with Crippen molar-refractivity contribution in [3.8, 4) is 5.75 Å². The molecular weight excluding hydrogens is 262 g/mol. The minimum atomic E-state index is -1.09. The average molecular weight is 275 g/mol. The first-order chi connectivity index (χ1) is 9.56. The molecule has 0 spiro atoms. The van der Waals surface area contributed by atoms with Gasteiger partial charge in [0, 0.05) is 13.2 Å². The SMILES string of the molecule is Cn1ccc(C(=O)Nc2ccccc2OCC(=O)O)n1. The van der Waals surface area contributed by atoms with Gasteiger partial charge >= 0.3 is 5.97 Å². The number of hydrogen-bond donors (Lipinski definition) is 2. The predicted octanol–water partition coefficient (Wildman–Crippen LogP) is 1.14. The van der Waals surface area contributed by atoms with Crippen LogP contribution in [0.4, 0.5) is 5.69 Å². The normalized spacial score (nSPS) is 10.1. The molecule has 2 rings (SSSR count). The second-order valence-electron chi connectivity index (χ2n) is 4.01. The summed E-state index contributed by atoms with van der Waals surface area (Å²) in [4.78, 5) is 22.5. The highest BCUT2D eigenvalue weighted by Crippen LogP contribution is 2.24. The number of carboxylic acids is 1. The van der Waals surface area contributed by atoms with Crippen LogP contribution in [0.1, 0.15) is 10.5 Å². The molecule has 0 aliphatic rings. The smallest absolute Gasteiger partial charge is 0.341 e. The van der Waals surface area contributed by atoms with Crippen molar-refractivity contribution in [1.82, 2.24) is 9.78 Å². The summed E-state index contributed by atoms with van der Waals surface area (Å²) < 4.78 is 6.62. The molecule has 104 valence electrons. The number of benzene rings is 1. The molecule has 7 heteroatoms. The number of para-hydroxylation sites is 2. The highest BCUT2D eigenvalue weighted by Gasteiger charge is 2.12. The Labute approximate surface area is 114 Å². The minimum absolute atomic E-state index is 0.264. The fourth-order valence-electron chi connectivity index (χ4n) is 1.56. The summed E-state index contributed by atoms with van der Waals surface area (Å²) in [6, 6.07) is 8.18. The molecule has 0 radical (unpaired) electrons. The molecule has 2 aromatic rings. The van der Waals surface area contributed by atoms with E-state index in [0.29, 0.717) is 11.4 Å². The molecule has 0 unspecified atom stereocenters. The maximum absolute atomic E-state index is 12.0. The van der Waals surface area contributed by atoms with E-state index in [4.69, 9.17) is 9.84 Å². The molecule has 2 N–H and O–H groups in total. The van der Waals surface area contributed by atoms with E-state index < -0.39 is 18.5 Å². The summed E-state index contributed by atoms with van der Waals surface area (Å²) >= 11 is 0. The molecular formula is C13H13N3O4. The largest absolute Gasteiger partial charge is 0.480 e. The number of aryl methyl sites for hydroxylation is 1. The molecule has 20 heavy (non-hydrogen) atoms. The van der Waals surface area contributed by atoms with E-state index in [1.54, 1.807) is 43.6 Å². The van der Waals surface area contributed by atoms with E-state index in [-0.39, 0.29) is 5.69 Å². The second kappa shape index (κ2) is 5.87. The average Bonchev–Trinajstić information content (AvgIpc) is 2.84. The van der Waals surface area contributed by atoms with Gasteiger partial charge in [0.2, 0.25) is 0 Å². The van der Waals surface area contributed by atoms with Crippen molar-refractivity contribution in [2.45, 2.75) is 0 Å². The van der Waals surface area contributed by atoms with E-state index in [0.717, 1.165) is 0 Å². The lowest BCUT2D eigenvalue weighted by Crippen LogP contribution is -2.15. The van der Waals surface area contributed by atoms with Crippen molar-refractivity contribution in [2.75, 3.05) is 11.9 Å². The maximum atomic E-state index is 12.0. The Hall–Kier alpha value is -2.83. The first-order valence-electron chi connectivity index (χ1n) is 5.81. The lowest BCUT2D eigenvalue weighted by atomic mass is 10.3. The number of hydrogen-bond acceptors (Lipinski definition) is 4. The maximum Gasteiger partial charge on any atom is 0.341 e. The van der Waals surface area contributed by atoms with Crippen LogP contribution in [0.2, 0.25) is 0 Å². The van der Waals surface area contributed by atoms with Gasteiger partial charge in [0.05, 0.1) is 5.69 Å². The Bertz CT molecular complexity index is 636. The lowest BCUT2D eigenvalue weighted by molar-refractivity contribution is -0.139. The van der Waals surface area contributed by atoms with Gasteiger partial charge in [-0.15, -0.1) is 0 Å². The number of carboxylic acid groups (broad SMARTS) is 1. The van der Waals surface area contributed by atoms with Gasteiger partial charge in [-0.3, -0.25) is 9.48 Å². The molecule has 1 heterocycles. The first-order valence-corrected chi connectivity index (χ1v) is 5.81. The Morgan fingerprint density at radius 3 is 2.75 bits per heavy atom.